The molecule has 0 heterocycles. The quantitative estimate of drug-likeness (QED) is 0.206. The van der Waals surface area contributed by atoms with Crippen LogP contribution in [0.25, 0.3) is 0 Å². The van der Waals surface area contributed by atoms with Gasteiger partial charge in [-0.1, -0.05) is 110 Å². The number of carbonyl (C=O) groups excluding carboxylic acids is 1. The minimum Gasteiger partial charge on any atom is -1.00 e. The van der Waals surface area contributed by atoms with Crippen molar-refractivity contribution in [1.29, 1.82) is 0 Å². The molecule has 0 fully saturated rings. The maximum atomic E-state index is 10.9. The Morgan fingerprint density at radius 3 is 1.16 bits per heavy atom. The van der Waals surface area contributed by atoms with Crippen LogP contribution in [0.5, 0.6) is 0 Å². The first kappa shape index (κ1) is 31.2. The van der Waals surface area contributed by atoms with Crippen molar-refractivity contribution >= 4 is 5.97 Å². The normalized spacial score (nSPS) is 10.0. The molecule has 0 aromatic rings. The maximum absolute atomic E-state index is 10.9. The van der Waals surface area contributed by atoms with Crippen molar-refractivity contribution in [2.24, 2.45) is 0 Å². The Morgan fingerprint density at radius 1 is 0.600 bits per heavy atom. The molecule has 0 saturated carbocycles. The van der Waals surface area contributed by atoms with Crippen LogP contribution < -0.4 is 59.1 Å². The molecule has 0 amide bonds. The van der Waals surface area contributed by atoms with Gasteiger partial charge in [-0.2, -0.15) is 0 Å². The molecule has 0 bridgehead atoms. The van der Waals surface area contributed by atoms with E-state index in [0.717, 1.165) is 6.42 Å². The molecule has 0 unspecified atom stereocenters. The van der Waals surface area contributed by atoms with Crippen LogP contribution in [-0.4, -0.2) is 13.1 Å². The fourth-order valence-corrected chi connectivity index (χ4v) is 3.10. The number of hydrogen-bond acceptors (Lipinski definition) is 2. The van der Waals surface area contributed by atoms with Crippen molar-refractivity contribution in [2.45, 2.75) is 122 Å². The van der Waals surface area contributed by atoms with E-state index in [1.165, 1.54) is 110 Å². The second-order valence-corrected chi connectivity index (χ2v) is 6.98. The topological polar surface area (TPSA) is 26.3 Å². The molecule has 0 aromatic heterocycles. The molecular formula is C21H44Na2O2. The minimum atomic E-state index is -0.0639. The molecule has 0 atom stereocenters. The first-order valence-corrected chi connectivity index (χ1v) is 10.4. The van der Waals surface area contributed by atoms with Gasteiger partial charge in [-0.3, -0.25) is 4.79 Å². The summed E-state index contributed by atoms with van der Waals surface area (Å²) >= 11 is 0. The summed E-state index contributed by atoms with van der Waals surface area (Å²) < 4.78 is 4.64. The van der Waals surface area contributed by atoms with Crippen molar-refractivity contribution in [3.8, 4) is 0 Å². The van der Waals surface area contributed by atoms with E-state index in [-0.39, 0.29) is 67.9 Å². The van der Waals surface area contributed by atoms with Crippen LogP contribution in [0.2, 0.25) is 0 Å². The largest absolute Gasteiger partial charge is 1.00 e. The molecular weight excluding hydrogens is 330 g/mol. The standard InChI is InChI=1S/C21H42O2.2Na.2H/c1-3-4-5-6-7-8-9-10-11-12-13-14-15-16-17-18-19-20-21(22)23-2;;;;/h3-20H2,1-2H3;;;;/q;2*+1;2*-1. The summed E-state index contributed by atoms with van der Waals surface area (Å²) in [6, 6.07) is 0. The first-order chi connectivity index (χ1) is 11.3. The molecule has 0 aliphatic heterocycles. The molecule has 0 radical (unpaired) electrons. The van der Waals surface area contributed by atoms with Crippen molar-refractivity contribution in [3.63, 3.8) is 0 Å². The Kier molecular flexibility index (Phi) is 34.5. The van der Waals surface area contributed by atoms with E-state index in [9.17, 15) is 4.79 Å². The summed E-state index contributed by atoms with van der Waals surface area (Å²) in [7, 11) is 1.47. The zero-order valence-corrected chi connectivity index (χ0v) is 22.0. The van der Waals surface area contributed by atoms with E-state index in [2.05, 4.69) is 11.7 Å². The molecule has 0 aliphatic carbocycles. The monoisotopic (exact) mass is 374 g/mol. The smallest absolute Gasteiger partial charge is 1.00 e. The number of rotatable bonds is 18. The van der Waals surface area contributed by atoms with Crippen molar-refractivity contribution in [3.05, 3.63) is 0 Å². The molecule has 0 rings (SSSR count). The second-order valence-electron chi connectivity index (χ2n) is 6.98. The Balaban J connectivity index is -0.000000403. The maximum Gasteiger partial charge on any atom is 1.00 e. The van der Waals surface area contributed by atoms with E-state index >= 15 is 0 Å². The number of esters is 1. The zero-order chi connectivity index (χ0) is 17.0. The van der Waals surface area contributed by atoms with Crippen LogP contribution in [0, 0.1) is 0 Å². The number of hydrogen-bond donors (Lipinski definition) is 0. The Bertz CT molecular complexity index is 258. The average molecular weight is 375 g/mol. The van der Waals surface area contributed by atoms with Gasteiger partial charge < -0.3 is 7.59 Å². The Morgan fingerprint density at radius 2 is 0.880 bits per heavy atom. The summed E-state index contributed by atoms with van der Waals surface area (Å²) in [6.07, 6.45) is 23.9. The SMILES string of the molecule is CCCCCCCCCCCCCCCCCCCC(=O)OC.[H-].[H-].[Na+].[Na+]. The van der Waals surface area contributed by atoms with Gasteiger partial charge in [-0.05, 0) is 6.42 Å². The van der Waals surface area contributed by atoms with Gasteiger partial charge in [0.2, 0.25) is 0 Å². The predicted octanol–water partition coefficient (Wildman–Crippen LogP) is 1.43. The zero-order valence-electron chi connectivity index (χ0n) is 20.0. The molecule has 0 aliphatic rings. The summed E-state index contributed by atoms with van der Waals surface area (Å²) in [5.41, 5.74) is 0. The number of carbonyl (C=O) groups is 1. The summed E-state index contributed by atoms with van der Waals surface area (Å²) in [4.78, 5) is 10.9. The third-order valence-corrected chi connectivity index (χ3v) is 4.71. The van der Waals surface area contributed by atoms with Crippen LogP contribution >= 0.6 is 0 Å². The molecule has 2 nitrogen and oxygen atoms in total. The van der Waals surface area contributed by atoms with Gasteiger partial charge >= 0.3 is 65.1 Å². The molecule has 0 aromatic carbocycles. The van der Waals surface area contributed by atoms with Gasteiger partial charge in [-0.15, -0.1) is 0 Å². The summed E-state index contributed by atoms with van der Waals surface area (Å²) in [5.74, 6) is -0.0639. The fourth-order valence-electron chi connectivity index (χ4n) is 3.10. The number of methoxy groups -OCH3 is 1. The van der Waals surface area contributed by atoms with Crippen LogP contribution in [0.15, 0.2) is 0 Å². The first-order valence-electron chi connectivity index (χ1n) is 10.4. The van der Waals surface area contributed by atoms with E-state index in [1.807, 2.05) is 0 Å². The van der Waals surface area contributed by atoms with E-state index in [0.29, 0.717) is 6.42 Å². The number of ether oxygens (including phenoxy) is 1. The number of unbranched alkanes of at least 4 members (excludes halogenated alkanes) is 16. The molecule has 0 spiro atoms. The molecule has 4 heteroatoms. The molecule has 0 N–H and O–H groups in total. The van der Waals surface area contributed by atoms with Gasteiger partial charge in [0.15, 0.2) is 0 Å². The Labute approximate surface area is 205 Å². The van der Waals surface area contributed by atoms with E-state index in [1.54, 1.807) is 0 Å². The van der Waals surface area contributed by atoms with Crippen molar-refractivity contribution < 1.29 is 71.5 Å². The van der Waals surface area contributed by atoms with E-state index in [4.69, 9.17) is 0 Å². The Hall–Kier alpha value is 1.47. The van der Waals surface area contributed by atoms with Crippen LogP contribution in [0.3, 0.4) is 0 Å². The van der Waals surface area contributed by atoms with Crippen molar-refractivity contribution in [1.82, 2.24) is 0 Å². The van der Waals surface area contributed by atoms with Gasteiger partial charge in [0.25, 0.3) is 0 Å². The predicted molar refractivity (Wildman–Crippen MR) is 103 cm³/mol. The third kappa shape index (κ3) is 27.8. The molecule has 142 valence electrons. The van der Waals surface area contributed by atoms with Crippen LogP contribution in [0.1, 0.15) is 125 Å². The van der Waals surface area contributed by atoms with Crippen LogP contribution in [-0.2, 0) is 9.53 Å². The van der Waals surface area contributed by atoms with Gasteiger partial charge in [-0.25, -0.2) is 0 Å². The molecule has 0 saturated heterocycles. The molecule has 25 heavy (non-hydrogen) atoms. The van der Waals surface area contributed by atoms with Gasteiger partial charge in [0.1, 0.15) is 0 Å². The minimum absolute atomic E-state index is 0. The second kappa shape index (κ2) is 27.7. The van der Waals surface area contributed by atoms with Crippen molar-refractivity contribution in [2.75, 3.05) is 7.11 Å². The van der Waals surface area contributed by atoms with Gasteiger partial charge in [0.05, 0.1) is 7.11 Å². The third-order valence-electron chi connectivity index (χ3n) is 4.71. The van der Waals surface area contributed by atoms with E-state index < -0.39 is 0 Å². The average Bonchev–Trinajstić information content (AvgIpc) is 2.57. The summed E-state index contributed by atoms with van der Waals surface area (Å²) in [5, 5.41) is 0. The fraction of sp³-hybridized carbons (Fsp3) is 0.952. The van der Waals surface area contributed by atoms with Gasteiger partial charge in [0, 0.05) is 6.42 Å². The summed E-state index contributed by atoms with van der Waals surface area (Å²) in [6.45, 7) is 2.28. The van der Waals surface area contributed by atoms with Crippen LogP contribution in [0.4, 0.5) is 0 Å².